The molecule has 7 nitrogen and oxygen atoms in total. The molecule has 1 aliphatic heterocycles. The monoisotopic (exact) mass is 406 g/mol. The Morgan fingerprint density at radius 1 is 1.00 bits per heavy atom. The summed E-state index contributed by atoms with van der Waals surface area (Å²) in [7, 11) is 0. The van der Waals surface area contributed by atoms with Gasteiger partial charge in [-0.15, -0.1) is 0 Å². The number of hydrogen-bond acceptors (Lipinski definition) is 4. The molecule has 0 fully saturated rings. The molecule has 1 aliphatic rings. The lowest BCUT2D eigenvalue weighted by atomic mass is 10.1. The van der Waals surface area contributed by atoms with Crippen molar-refractivity contribution in [2.75, 3.05) is 6.79 Å². The number of nitrogens with one attached hydrogen (secondary N) is 2. The van der Waals surface area contributed by atoms with Crippen molar-refractivity contribution in [3.8, 4) is 17.2 Å². The minimum atomic E-state index is -0.241. The average molecular weight is 406 g/mol. The molecule has 3 aromatic rings. The number of rotatable bonds is 5. The van der Waals surface area contributed by atoms with Crippen molar-refractivity contribution in [2.45, 2.75) is 39.8 Å². The van der Waals surface area contributed by atoms with Gasteiger partial charge in [-0.1, -0.05) is 23.8 Å². The maximum atomic E-state index is 12.6. The summed E-state index contributed by atoms with van der Waals surface area (Å²) in [6.45, 7) is 8.18. The second kappa shape index (κ2) is 8.10. The zero-order valence-electron chi connectivity index (χ0n) is 17.6. The second-order valence-corrected chi connectivity index (χ2v) is 7.61. The van der Waals surface area contributed by atoms with Gasteiger partial charge in [0.25, 0.3) is 0 Å². The van der Waals surface area contributed by atoms with Gasteiger partial charge < -0.3 is 20.1 Å². The number of aromatic nitrogens is 2. The largest absolute Gasteiger partial charge is 0.454 e. The Labute approximate surface area is 176 Å². The van der Waals surface area contributed by atoms with E-state index in [2.05, 4.69) is 34.8 Å². The molecule has 2 N–H and O–H groups in total. The molecule has 2 atom stereocenters. The average Bonchev–Trinajstić information content (AvgIpc) is 3.34. The van der Waals surface area contributed by atoms with E-state index in [1.54, 1.807) is 6.20 Å². The predicted octanol–water partition coefficient (Wildman–Crippen LogP) is 4.34. The third kappa shape index (κ3) is 3.96. The summed E-state index contributed by atoms with van der Waals surface area (Å²) in [6.07, 6.45) is 1.81. The van der Waals surface area contributed by atoms with Gasteiger partial charge in [-0.2, -0.15) is 5.10 Å². The summed E-state index contributed by atoms with van der Waals surface area (Å²) in [4.78, 5) is 12.6. The standard InChI is InChI=1S/C23H26N4O3/c1-14-5-8-19(9-6-14)27-17(4)20(12-24-27)16(3)26-23(28)25-15(2)18-7-10-21-22(11-18)30-13-29-21/h5-12,15-16H,13H2,1-4H3,(H2,25,26,28)/t15-,16-/m1/s1. The molecule has 2 aromatic carbocycles. The molecule has 0 radical (unpaired) electrons. The van der Waals surface area contributed by atoms with Crippen LogP contribution in [0, 0.1) is 13.8 Å². The van der Waals surface area contributed by atoms with Gasteiger partial charge in [0, 0.05) is 11.3 Å². The minimum Gasteiger partial charge on any atom is -0.454 e. The summed E-state index contributed by atoms with van der Waals surface area (Å²) in [5.74, 6) is 1.43. The Kier molecular flexibility index (Phi) is 5.35. The van der Waals surface area contributed by atoms with E-state index in [1.165, 1.54) is 5.56 Å². The fraction of sp³-hybridized carbons (Fsp3) is 0.304. The molecule has 2 heterocycles. The second-order valence-electron chi connectivity index (χ2n) is 7.61. The van der Waals surface area contributed by atoms with Crippen molar-refractivity contribution in [1.29, 1.82) is 0 Å². The van der Waals surface area contributed by atoms with Crippen molar-refractivity contribution < 1.29 is 14.3 Å². The molecule has 0 spiro atoms. The van der Waals surface area contributed by atoms with Crippen LogP contribution in [0.3, 0.4) is 0 Å². The van der Waals surface area contributed by atoms with E-state index in [-0.39, 0.29) is 24.9 Å². The topological polar surface area (TPSA) is 77.4 Å². The van der Waals surface area contributed by atoms with Crippen molar-refractivity contribution in [3.63, 3.8) is 0 Å². The summed E-state index contributed by atoms with van der Waals surface area (Å²) in [6, 6.07) is 13.3. The third-order valence-corrected chi connectivity index (χ3v) is 5.38. The van der Waals surface area contributed by atoms with Gasteiger partial charge in [0.15, 0.2) is 11.5 Å². The quantitative estimate of drug-likeness (QED) is 0.661. The van der Waals surface area contributed by atoms with Crippen LogP contribution in [0.2, 0.25) is 0 Å². The van der Waals surface area contributed by atoms with Gasteiger partial charge in [-0.25, -0.2) is 9.48 Å². The summed E-state index contributed by atoms with van der Waals surface area (Å²) in [5.41, 5.74) is 5.12. The first-order chi connectivity index (χ1) is 14.4. The van der Waals surface area contributed by atoms with E-state index in [1.807, 2.05) is 55.8 Å². The van der Waals surface area contributed by atoms with Gasteiger partial charge in [-0.3, -0.25) is 0 Å². The highest BCUT2D eigenvalue weighted by Crippen LogP contribution is 2.34. The van der Waals surface area contributed by atoms with Gasteiger partial charge in [-0.05, 0) is 57.5 Å². The van der Waals surface area contributed by atoms with E-state index >= 15 is 0 Å². The molecule has 0 saturated heterocycles. The van der Waals surface area contributed by atoms with Crippen LogP contribution in [-0.2, 0) is 0 Å². The Morgan fingerprint density at radius 2 is 1.70 bits per heavy atom. The normalized spacial score (nSPS) is 14.3. The number of hydrogen-bond donors (Lipinski definition) is 2. The van der Waals surface area contributed by atoms with Gasteiger partial charge in [0.1, 0.15) is 0 Å². The molecule has 0 bridgehead atoms. The highest BCUT2D eigenvalue weighted by Gasteiger charge is 2.19. The molecular formula is C23H26N4O3. The van der Waals surface area contributed by atoms with Crippen LogP contribution < -0.4 is 20.1 Å². The summed E-state index contributed by atoms with van der Waals surface area (Å²) in [5, 5.41) is 10.5. The van der Waals surface area contributed by atoms with E-state index in [0.29, 0.717) is 5.75 Å². The van der Waals surface area contributed by atoms with E-state index in [0.717, 1.165) is 28.3 Å². The lowest BCUT2D eigenvalue weighted by Gasteiger charge is -2.19. The number of nitrogens with zero attached hydrogens (tertiary/aromatic N) is 2. The molecular weight excluding hydrogens is 380 g/mol. The number of carbonyl (C=O) groups excluding carboxylic acids is 1. The maximum absolute atomic E-state index is 12.6. The van der Waals surface area contributed by atoms with Crippen LogP contribution >= 0.6 is 0 Å². The zero-order chi connectivity index (χ0) is 21.3. The first-order valence-corrected chi connectivity index (χ1v) is 10.0. The third-order valence-electron chi connectivity index (χ3n) is 5.38. The van der Waals surface area contributed by atoms with Crippen LogP contribution in [0.5, 0.6) is 11.5 Å². The number of benzene rings is 2. The van der Waals surface area contributed by atoms with Gasteiger partial charge in [0.2, 0.25) is 6.79 Å². The molecule has 30 heavy (non-hydrogen) atoms. The molecule has 0 aliphatic carbocycles. The van der Waals surface area contributed by atoms with Crippen molar-refractivity contribution in [1.82, 2.24) is 20.4 Å². The Hall–Kier alpha value is -3.48. The van der Waals surface area contributed by atoms with Crippen molar-refractivity contribution in [2.24, 2.45) is 0 Å². The summed E-state index contributed by atoms with van der Waals surface area (Å²) >= 11 is 0. The number of urea groups is 1. The van der Waals surface area contributed by atoms with Crippen LogP contribution in [-0.4, -0.2) is 22.6 Å². The molecule has 156 valence electrons. The van der Waals surface area contributed by atoms with Crippen LogP contribution in [0.4, 0.5) is 4.79 Å². The van der Waals surface area contributed by atoms with Crippen LogP contribution in [0.1, 0.15) is 48.3 Å². The van der Waals surface area contributed by atoms with Gasteiger partial charge in [0.05, 0.1) is 24.0 Å². The predicted molar refractivity (Wildman–Crippen MR) is 114 cm³/mol. The fourth-order valence-corrected chi connectivity index (χ4v) is 3.57. The number of aryl methyl sites for hydroxylation is 1. The minimum absolute atomic E-state index is 0.178. The molecule has 0 saturated carbocycles. The van der Waals surface area contributed by atoms with E-state index in [9.17, 15) is 4.79 Å². The fourth-order valence-electron chi connectivity index (χ4n) is 3.57. The van der Waals surface area contributed by atoms with Crippen molar-refractivity contribution in [3.05, 3.63) is 71.0 Å². The first kappa shape index (κ1) is 19.8. The zero-order valence-corrected chi connectivity index (χ0v) is 17.6. The molecule has 2 amide bonds. The first-order valence-electron chi connectivity index (χ1n) is 10.0. The molecule has 4 rings (SSSR count). The SMILES string of the molecule is Cc1ccc(-n2ncc([C@@H](C)NC(=O)N[C@H](C)c3ccc4c(c3)OCO4)c2C)cc1. The lowest BCUT2D eigenvalue weighted by molar-refractivity contribution is 0.174. The van der Waals surface area contributed by atoms with Gasteiger partial charge >= 0.3 is 6.03 Å². The van der Waals surface area contributed by atoms with E-state index in [4.69, 9.17) is 9.47 Å². The maximum Gasteiger partial charge on any atom is 0.315 e. The number of fused-ring (bicyclic) bond motifs is 1. The van der Waals surface area contributed by atoms with E-state index < -0.39 is 0 Å². The number of carbonyl (C=O) groups is 1. The smallest absolute Gasteiger partial charge is 0.315 e. The lowest BCUT2D eigenvalue weighted by Crippen LogP contribution is -2.38. The number of amides is 2. The molecule has 7 heteroatoms. The molecule has 0 unspecified atom stereocenters. The highest BCUT2D eigenvalue weighted by atomic mass is 16.7. The summed E-state index contributed by atoms with van der Waals surface area (Å²) < 4.78 is 12.6. The van der Waals surface area contributed by atoms with Crippen molar-refractivity contribution >= 4 is 6.03 Å². The van der Waals surface area contributed by atoms with Crippen LogP contribution in [0.25, 0.3) is 5.69 Å². The Balaban J connectivity index is 1.40. The highest BCUT2D eigenvalue weighted by molar-refractivity contribution is 5.75. The Morgan fingerprint density at radius 3 is 2.47 bits per heavy atom. The molecule has 1 aromatic heterocycles. The van der Waals surface area contributed by atoms with Crippen LogP contribution in [0.15, 0.2) is 48.7 Å². The number of ether oxygens (including phenoxy) is 2. The Bertz CT molecular complexity index is 1060.